The lowest BCUT2D eigenvalue weighted by molar-refractivity contribution is -0.115. The van der Waals surface area contributed by atoms with Crippen molar-refractivity contribution in [3.05, 3.63) is 71.5 Å². The minimum absolute atomic E-state index is 0.00619. The third-order valence-electron chi connectivity index (χ3n) is 4.35. The molecule has 2 aromatic carbocycles. The lowest BCUT2D eigenvalue weighted by Crippen LogP contribution is -2.15. The monoisotopic (exact) mass is 409 g/mol. The molecule has 0 aliphatic heterocycles. The molecule has 0 saturated heterocycles. The molecular formula is C21H23N5O2S. The molecule has 0 bridgehead atoms. The molecule has 0 saturated carbocycles. The van der Waals surface area contributed by atoms with Gasteiger partial charge in [0, 0.05) is 29.8 Å². The molecule has 7 nitrogen and oxygen atoms in total. The van der Waals surface area contributed by atoms with Crippen LogP contribution in [0.25, 0.3) is 0 Å². The fraction of sp³-hybridized carbons (Fsp3) is 0.238. The number of hydrogen-bond acceptors (Lipinski definition) is 6. The predicted molar refractivity (Wildman–Crippen MR) is 114 cm³/mol. The Bertz CT molecular complexity index is 970. The Morgan fingerprint density at radius 3 is 2.45 bits per heavy atom. The zero-order chi connectivity index (χ0) is 20.6. The van der Waals surface area contributed by atoms with E-state index in [0.29, 0.717) is 40.8 Å². The number of ketones is 1. The quantitative estimate of drug-likeness (QED) is 0.320. The highest BCUT2D eigenvalue weighted by Gasteiger charge is 2.11. The highest BCUT2D eigenvalue weighted by Crippen LogP contribution is 2.17. The number of nitrogens with one attached hydrogen (secondary N) is 1. The van der Waals surface area contributed by atoms with Crippen LogP contribution in [0.15, 0.2) is 59.8 Å². The lowest BCUT2D eigenvalue weighted by Gasteiger charge is -2.06. The van der Waals surface area contributed by atoms with E-state index in [-0.39, 0.29) is 11.7 Å². The number of rotatable bonds is 9. The normalized spacial score (nSPS) is 10.7. The molecule has 0 radical (unpaired) electrons. The maximum atomic E-state index is 12.1. The summed E-state index contributed by atoms with van der Waals surface area (Å²) in [5.41, 5.74) is 2.50. The van der Waals surface area contributed by atoms with Crippen molar-refractivity contribution >= 4 is 29.1 Å². The second-order valence-corrected chi connectivity index (χ2v) is 7.60. The molecule has 0 unspecified atom stereocenters. The van der Waals surface area contributed by atoms with Gasteiger partial charge in [-0.3, -0.25) is 9.59 Å². The summed E-state index contributed by atoms with van der Waals surface area (Å²) < 4.78 is 1.49. The van der Waals surface area contributed by atoms with Gasteiger partial charge in [0.1, 0.15) is 0 Å². The molecule has 3 N–H and O–H groups in total. The summed E-state index contributed by atoms with van der Waals surface area (Å²) in [6, 6.07) is 17.0. The maximum Gasteiger partial charge on any atom is 0.225 e. The second kappa shape index (κ2) is 9.88. The molecule has 0 spiro atoms. The predicted octanol–water partition coefficient (Wildman–Crippen LogP) is 3.10. The molecule has 0 aliphatic carbocycles. The van der Waals surface area contributed by atoms with Crippen molar-refractivity contribution in [3.8, 4) is 0 Å². The van der Waals surface area contributed by atoms with Gasteiger partial charge in [-0.05, 0) is 43.2 Å². The zero-order valence-electron chi connectivity index (χ0n) is 16.2. The van der Waals surface area contributed by atoms with Crippen molar-refractivity contribution in [2.75, 3.05) is 16.9 Å². The summed E-state index contributed by atoms with van der Waals surface area (Å²) in [4.78, 5) is 23.4. The van der Waals surface area contributed by atoms with Gasteiger partial charge in [-0.25, -0.2) is 4.68 Å². The number of aromatic nitrogens is 3. The Morgan fingerprint density at radius 1 is 1.03 bits per heavy atom. The van der Waals surface area contributed by atoms with Gasteiger partial charge in [-0.1, -0.05) is 42.1 Å². The van der Waals surface area contributed by atoms with Crippen molar-refractivity contribution in [2.45, 2.75) is 31.3 Å². The van der Waals surface area contributed by atoms with Crippen LogP contribution >= 0.6 is 11.8 Å². The van der Waals surface area contributed by atoms with Crippen molar-refractivity contribution in [1.82, 2.24) is 14.9 Å². The van der Waals surface area contributed by atoms with Gasteiger partial charge >= 0.3 is 0 Å². The van der Waals surface area contributed by atoms with E-state index in [1.807, 2.05) is 18.2 Å². The molecular weight excluding hydrogens is 386 g/mol. The maximum absolute atomic E-state index is 12.1. The number of benzene rings is 2. The number of nitrogen functional groups attached to an aromatic ring is 1. The number of carbonyl (C=O) groups excluding carboxylic acids is 2. The van der Waals surface area contributed by atoms with Crippen LogP contribution in [0.2, 0.25) is 0 Å². The first-order valence-electron chi connectivity index (χ1n) is 9.30. The number of anilines is 1. The minimum atomic E-state index is -0.111. The van der Waals surface area contributed by atoms with Crippen LogP contribution < -0.4 is 11.2 Å². The number of carbonyl (C=O) groups is 2. The molecule has 1 amide bonds. The second-order valence-electron chi connectivity index (χ2n) is 6.53. The molecule has 29 heavy (non-hydrogen) atoms. The Hall–Kier alpha value is -3.13. The van der Waals surface area contributed by atoms with Crippen molar-refractivity contribution in [2.24, 2.45) is 0 Å². The number of aryl methyl sites for hydroxylation is 2. The number of amides is 1. The fourth-order valence-corrected chi connectivity index (χ4v) is 3.54. The van der Waals surface area contributed by atoms with Crippen LogP contribution in [0.1, 0.15) is 35.1 Å². The molecule has 8 heteroatoms. The van der Waals surface area contributed by atoms with E-state index in [9.17, 15) is 9.59 Å². The first kappa shape index (κ1) is 20.6. The van der Waals surface area contributed by atoms with E-state index >= 15 is 0 Å². The molecule has 0 aliphatic rings. The van der Waals surface area contributed by atoms with Crippen molar-refractivity contribution in [3.63, 3.8) is 0 Å². The smallest absolute Gasteiger partial charge is 0.225 e. The third-order valence-corrected chi connectivity index (χ3v) is 5.30. The van der Waals surface area contributed by atoms with Crippen LogP contribution in [0, 0.1) is 0 Å². The van der Waals surface area contributed by atoms with E-state index in [2.05, 4.69) is 27.6 Å². The van der Waals surface area contributed by atoms with Crippen molar-refractivity contribution in [1.29, 1.82) is 0 Å². The van der Waals surface area contributed by atoms with Gasteiger partial charge in [0.05, 0.1) is 0 Å². The summed E-state index contributed by atoms with van der Waals surface area (Å²) in [6.07, 6.45) is 1.85. The number of Topliss-reactive ketones (excluding diaryl/α,β-unsaturated/α-hetero) is 1. The largest absolute Gasteiger partial charge is 0.336 e. The van der Waals surface area contributed by atoms with Crippen LogP contribution in [-0.4, -0.2) is 32.3 Å². The zero-order valence-corrected chi connectivity index (χ0v) is 17.0. The van der Waals surface area contributed by atoms with E-state index in [1.165, 1.54) is 28.9 Å². The van der Waals surface area contributed by atoms with Gasteiger partial charge < -0.3 is 11.2 Å². The summed E-state index contributed by atoms with van der Waals surface area (Å²) >= 11 is 1.39. The van der Waals surface area contributed by atoms with Gasteiger partial charge in [-0.2, -0.15) is 0 Å². The SMILES string of the molecule is CC(=O)c1ccc(NC(=O)CCSc2nnc(CCc3ccccc3)n2N)cc1. The first-order chi connectivity index (χ1) is 14.0. The highest BCUT2D eigenvalue weighted by atomic mass is 32.2. The molecule has 3 aromatic rings. The van der Waals surface area contributed by atoms with E-state index < -0.39 is 0 Å². The number of nitrogens with two attached hydrogens (primary N) is 1. The molecule has 150 valence electrons. The lowest BCUT2D eigenvalue weighted by atomic mass is 10.1. The molecule has 1 heterocycles. The third kappa shape index (κ3) is 5.92. The van der Waals surface area contributed by atoms with Crippen molar-refractivity contribution < 1.29 is 9.59 Å². The Labute approximate surface area is 173 Å². The van der Waals surface area contributed by atoms with Gasteiger partial charge in [0.25, 0.3) is 0 Å². The topological polar surface area (TPSA) is 103 Å². The standard InChI is InChI=1S/C21H23N5O2S/c1-15(27)17-8-10-18(11-9-17)23-20(28)13-14-29-21-25-24-19(26(21)22)12-7-16-5-3-2-4-6-16/h2-6,8-11H,7,12-14,22H2,1H3,(H,23,28). The fourth-order valence-electron chi connectivity index (χ4n) is 2.72. The minimum Gasteiger partial charge on any atom is -0.336 e. The molecule has 0 fully saturated rings. The van der Waals surface area contributed by atoms with E-state index in [4.69, 9.17) is 5.84 Å². The van der Waals surface area contributed by atoms with Crippen LogP contribution in [0.3, 0.4) is 0 Å². The molecule has 0 atom stereocenters. The van der Waals surface area contributed by atoms with Gasteiger partial charge in [-0.15, -0.1) is 10.2 Å². The summed E-state index contributed by atoms with van der Waals surface area (Å²) in [5.74, 6) is 7.22. The van der Waals surface area contributed by atoms with Crippen LogP contribution in [0.5, 0.6) is 0 Å². The summed E-state index contributed by atoms with van der Waals surface area (Å²) in [7, 11) is 0. The Morgan fingerprint density at radius 2 is 1.76 bits per heavy atom. The molecule has 1 aromatic heterocycles. The number of nitrogens with zero attached hydrogens (tertiary/aromatic N) is 3. The number of thioether (sulfide) groups is 1. The summed E-state index contributed by atoms with van der Waals surface area (Å²) in [5, 5.41) is 11.7. The molecule has 3 rings (SSSR count). The van der Waals surface area contributed by atoms with E-state index in [0.717, 1.165) is 6.42 Å². The first-order valence-corrected chi connectivity index (χ1v) is 10.3. The van der Waals surface area contributed by atoms with Gasteiger partial charge in [0.15, 0.2) is 11.6 Å². The van der Waals surface area contributed by atoms with Gasteiger partial charge in [0.2, 0.25) is 11.1 Å². The highest BCUT2D eigenvalue weighted by molar-refractivity contribution is 7.99. The Balaban J connectivity index is 1.44. The van der Waals surface area contributed by atoms with E-state index in [1.54, 1.807) is 24.3 Å². The average molecular weight is 410 g/mol. The van der Waals surface area contributed by atoms with Crippen LogP contribution in [0.4, 0.5) is 5.69 Å². The van der Waals surface area contributed by atoms with Crippen LogP contribution in [-0.2, 0) is 17.6 Å². The number of hydrogen-bond donors (Lipinski definition) is 2. The summed E-state index contributed by atoms with van der Waals surface area (Å²) in [6.45, 7) is 1.51. The Kier molecular flexibility index (Phi) is 7.02. The average Bonchev–Trinajstić information content (AvgIpc) is 3.07.